The molecule has 3 rings (SSSR count). The van der Waals surface area contributed by atoms with E-state index in [1.165, 1.54) is 25.3 Å². The minimum absolute atomic E-state index is 0.0233. The van der Waals surface area contributed by atoms with Crippen LogP contribution in [0.3, 0.4) is 0 Å². The number of aromatic nitrogens is 1. The number of methoxy groups -OCH3 is 1. The van der Waals surface area contributed by atoms with Gasteiger partial charge in [0.25, 0.3) is 5.92 Å². The lowest BCUT2D eigenvalue weighted by Gasteiger charge is -2.38. The van der Waals surface area contributed by atoms with Crippen LogP contribution in [-0.4, -0.2) is 62.0 Å². The number of ether oxygens (including phenoxy) is 1. The van der Waals surface area contributed by atoms with Crippen LogP contribution in [-0.2, 0) is 9.53 Å². The number of aldehydes is 1. The zero-order chi connectivity index (χ0) is 24.6. The minimum atomic E-state index is -2.96. The van der Waals surface area contributed by atoms with E-state index >= 15 is 0 Å². The topological polar surface area (TPSA) is 110 Å². The number of carbonyl (C=O) groups excluding carboxylic acids is 2. The van der Waals surface area contributed by atoms with Crippen LogP contribution < -0.4 is 16.4 Å². The van der Waals surface area contributed by atoms with Crippen LogP contribution in [0.15, 0.2) is 36.5 Å². The Morgan fingerprint density at radius 3 is 2.70 bits per heavy atom. The van der Waals surface area contributed by atoms with Crippen LogP contribution >= 0.6 is 11.6 Å². The Bertz CT molecular complexity index is 966. The molecule has 33 heavy (non-hydrogen) atoms. The monoisotopic (exact) mass is 487 g/mol. The predicted molar refractivity (Wildman–Crippen MR) is 118 cm³/mol. The van der Waals surface area contributed by atoms with Gasteiger partial charge in [-0.3, -0.25) is 0 Å². The van der Waals surface area contributed by atoms with Crippen LogP contribution in [0, 0.1) is 5.82 Å². The van der Waals surface area contributed by atoms with Gasteiger partial charge in [0.1, 0.15) is 17.9 Å². The second-order valence-electron chi connectivity index (χ2n) is 7.17. The Kier molecular flexibility index (Phi) is 9.44. The van der Waals surface area contributed by atoms with E-state index in [1.807, 2.05) is 0 Å². The third kappa shape index (κ3) is 7.31. The Labute approximate surface area is 194 Å². The van der Waals surface area contributed by atoms with Gasteiger partial charge in [-0.15, -0.1) is 0 Å². The highest BCUT2D eigenvalue weighted by atomic mass is 35.5. The second kappa shape index (κ2) is 11.8. The summed E-state index contributed by atoms with van der Waals surface area (Å²) in [5.41, 5.74) is 6.56. The summed E-state index contributed by atoms with van der Waals surface area (Å²) in [7, 11) is 3.17. The molecule has 1 aliphatic rings. The number of nitrogens with two attached hydrogens (primary N) is 1. The number of amides is 2. The maximum absolute atomic E-state index is 13.6. The number of pyridine rings is 1. The van der Waals surface area contributed by atoms with E-state index in [-0.39, 0.29) is 11.6 Å². The van der Waals surface area contributed by atoms with Crippen molar-refractivity contribution in [3.8, 4) is 0 Å². The van der Waals surface area contributed by atoms with Crippen molar-refractivity contribution < 1.29 is 27.5 Å². The van der Waals surface area contributed by atoms with Crippen molar-refractivity contribution in [1.82, 2.24) is 15.2 Å². The van der Waals surface area contributed by atoms with Crippen molar-refractivity contribution in [1.29, 1.82) is 0 Å². The van der Waals surface area contributed by atoms with E-state index < -0.39 is 42.9 Å². The first-order valence-electron chi connectivity index (χ1n) is 9.82. The summed E-state index contributed by atoms with van der Waals surface area (Å²) >= 11 is 5.47. The van der Waals surface area contributed by atoms with Crippen LogP contribution in [0.2, 0.25) is 5.02 Å². The third-order valence-corrected chi connectivity index (χ3v) is 5.05. The van der Waals surface area contributed by atoms with Crippen molar-refractivity contribution in [2.75, 3.05) is 39.2 Å². The first-order valence-corrected chi connectivity index (χ1v) is 10.2. The fourth-order valence-corrected chi connectivity index (χ4v) is 3.24. The van der Waals surface area contributed by atoms with E-state index in [0.717, 1.165) is 4.90 Å². The normalized spacial score (nSPS) is 16.7. The van der Waals surface area contributed by atoms with Crippen LogP contribution in [0.25, 0.3) is 0 Å². The number of urea groups is 1. The summed E-state index contributed by atoms with van der Waals surface area (Å²) in [4.78, 5) is 27.3. The molecule has 8 nitrogen and oxygen atoms in total. The maximum atomic E-state index is 13.6. The molecule has 0 saturated carbocycles. The highest BCUT2D eigenvalue weighted by molar-refractivity contribution is 6.30. The highest BCUT2D eigenvalue weighted by Crippen LogP contribution is 2.28. The van der Waals surface area contributed by atoms with Gasteiger partial charge in [-0.1, -0.05) is 17.7 Å². The fourth-order valence-electron chi connectivity index (χ4n) is 3.05. The molecule has 0 radical (unpaired) electrons. The lowest BCUT2D eigenvalue weighted by Crippen LogP contribution is -2.58. The Morgan fingerprint density at radius 2 is 2.09 bits per heavy atom. The molecule has 1 unspecified atom stereocenters. The number of nitrogens with one attached hydrogen (secondary N) is 2. The molecule has 1 fully saturated rings. The van der Waals surface area contributed by atoms with Gasteiger partial charge in [0.2, 0.25) is 0 Å². The van der Waals surface area contributed by atoms with E-state index in [2.05, 4.69) is 15.6 Å². The summed E-state index contributed by atoms with van der Waals surface area (Å²) in [6.07, 6.45) is 2.13. The molecule has 1 aliphatic heterocycles. The molecule has 1 aromatic carbocycles. The number of nitrogens with zero attached hydrogens (tertiary/aromatic N) is 2. The molecule has 180 valence electrons. The molecule has 2 amide bonds. The van der Waals surface area contributed by atoms with Crippen molar-refractivity contribution in [3.05, 3.63) is 58.5 Å². The standard InChI is InChI=1S/C13H18F2N4O2.C8H7ClFNO/c1-16-11-5-9(3-4-17-11)10(6-21-2)19-8-13(14,15)7-18-12(19)20;9-6-3-5(8(11)4-12)1-2-7(6)10/h3-5,10H,6-8H2,1-2H3,(H,16,17)(H,18,20);1-4,8H,11H2/t;8-/m.1/s1. The van der Waals surface area contributed by atoms with Crippen molar-refractivity contribution in [3.63, 3.8) is 0 Å². The van der Waals surface area contributed by atoms with Gasteiger partial charge >= 0.3 is 6.03 Å². The van der Waals surface area contributed by atoms with E-state index in [1.54, 1.807) is 25.4 Å². The second-order valence-corrected chi connectivity index (χ2v) is 7.58. The zero-order valence-corrected chi connectivity index (χ0v) is 18.8. The van der Waals surface area contributed by atoms with E-state index in [4.69, 9.17) is 22.1 Å². The molecule has 1 saturated heterocycles. The summed E-state index contributed by atoms with van der Waals surface area (Å²) in [6, 6.07) is 5.50. The van der Waals surface area contributed by atoms with Crippen LogP contribution in [0.5, 0.6) is 0 Å². The molecule has 4 N–H and O–H groups in total. The first kappa shape index (κ1) is 26.4. The number of benzene rings is 1. The van der Waals surface area contributed by atoms with Crippen molar-refractivity contribution in [2.45, 2.75) is 18.0 Å². The van der Waals surface area contributed by atoms with Crippen LogP contribution in [0.4, 0.5) is 23.8 Å². The summed E-state index contributed by atoms with van der Waals surface area (Å²) < 4.78 is 44.8. The quantitative estimate of drug-likeness (QED) is 0.518. The molecule has 0 bridgehead atoms. The van der Waals surface area contributed by atoms with Crippen LogP contribution in [0.1, 0.15) is 23.2 Å². The smallest absolute Gasteiger partial charge is 0.318 e. The Morgan fingerprint density at radius 1 is 1.36 bits per heavy atom. The zero-order valence-electron chi connectivity index (χ0n) is 18.0. The van der Waals surface area contributed by atoms with Gasteiger partial charge in [-0.05, 0) is 35.4 Å². The van der Waals surface area contributed by atoms with E-state index in [0.29, 0.717) is 23.2 Å². The lowest BCUT2D eigenvalue weighted by atomic mass is 10.1. The van der Waals surface area contributed by atoms with Crippen molar-refractivity contribution >= 4 is 29.7 Å². The van der Waals surface area contributed by atoms with E-state index in [9.17, 15) is 22.8 Å². The molecule has 2 heterocycles. The predicted octanol–water partition coefficient (Wildman–Crippen LogP) is 3.15. The third-order valence-electron chi connectivity index (χ3n) is 4.76. The number of carbonyl (C=O) groups is 2. The average molecular weight is 488 g/mol. The van der Waals surface area contributed by atoms with Gasteiger partial charge in [0, 0.05) is 20.4 Å². The van der Waals surface area contributed by atoms with Gasteiger partial charge in [-0.2, -0.15) is 0 Å². The molecule has 0 aliphatic carbocycles. The van der Waals surface area contributed by atoms with Crippen molar-refractivity contribution in [2.24, 2.45) is 5.73 Å². The number of hydrogen-bond donors (Lipinski definition) is 3. The summed E-state index contributed by atoms with van der Waals surface area (Å²) in [5.74, 6) is -2.88. The molecule has 1 aromatic heterocycles. The molecular weight excluding hydrogens is 463 g/mol. The Hall–Kier alpha value is -2.89. The summed E-state index contributed by atoms with van der Waals surface area (Å²) in [5, 5.41) is 5.06. The largest absolute Gasteiger partial charge is 0.382 e. The Balaban J connectivity index is 0.000000273. The van der Waals surface area contributed by atoms with Gasteiger partial charge in [0.15, 0.2) is 0 Å². The highest BCUT2D eigenvalue weighted by Gasteiger charge is 2.42. The number of anilines is 1. The van der Waals surface area contributed by atoms with Gasteiger partial charge < -0.3 is 30.8 Å². The van der Waals surface area contributed by atoms with Gasteiger partial charge in [-0.25, -0.2) is 22.9 Å². The minimum Gasteiger partial charge on any atom is -0.382 e. The SMILES string of the molecule is CNc1cc(C(COC)N2CC(F)(F)CNC2=O)ccn1.N[C@H](C=O)c1ccc(F)c(Cl)c1. The maximum Gasteiger partial charge on any atom is 0.318 e. The number of alkyl halides is 2. The number of halogens is 4. The fraction of sp³-hybridized carbons (Fsp3) is 0.381. The van der Waals surface area contributed by atoms with Gasteiger partial charge in [0.05, 0.1) is 36.8 Å². The molecule has 12 heteroatoms. The molecule has 2 aromatic rings. The molecular formula is C21H25ClF3N5O3. The molecule has 0 spiro atoms. The lowest BCUT2D eigenvalue weighted by molar-refractivity contribution is -0.109. The average Bonchev–Trinajstić information content (AvgIpc) is 2.81. The number of hydrogen-bond acceptors (Lipinski definition) is 6. The summed E-state index contributed by atoms with van der Waals surface area (Å²) in [6.45, 7) is -1.15. The first-order chi connectivity index (χ1) is 15.6. The molecule has 2 atom stereocenters. The number of rotatable bonds is 7.